The molecule has 1 fully saturated rings. The van der Waals surface area contributed by atoms with Gasteiger partial charge in [-0.1, -0.05) is 0 Å². The van der Waals surface area contributed by atoms with Gasteiger partial charge in [0.25, 0.3) is 5.91 Å². The summed E-state index contributed by atoms with van der Waals surface area (Å²) in [5.41, 5.74) is -1.14. The van der Waals surface area contributed by atoms with Gasteiger partial charge in [-0.15, -0.1) is 0 Å². The third-order valence-corrected chi connectivity index (χ3v) is 2.16. The first kappa shape index (κ1) is 9.48. The SMILES string of the molecule is C[C@@H](O)CNC(=O)C1(O)CCC1. The van der Waals surface area contributed by atoms with Gasteiger partial charge in [0.15, 0.2) is 0 Å². The van der Waals surface area contributed by atoms with Gasteiger partial charge in [-0.25, -0.2) is 0 Å². The molecule has 0 unspecified atom stereocenters. The van der Waals surface area contributed by atoms with Gasteiger partial charge in [0.05, 0.1) is 6.10 Å². The number of amides is 1. The summed E-state index contributed by atoms with van der Waals surface area (Å²) in [5, 5.41) is 20.8. The van der Waals surface area contributed by atoms with E-state index in [1.807, 2.05) is 0 Å². The molecule has 0 aromatic heterocycles. The van der Waals surface area contributed by atoms with Crippen LogP contribution in [0.5, 0.6) is 0 Å². The Balaban J connectivity index is 2.28. The Kier molecular flexibility index (Phi) is 2.69. The van der Waals surface area contributed by atoms with E-state index >= 15 is 0 Å². The number of carbonyl (C=O) groups excluding carboxylic acids is 1. The third-order valence-electron chi connectivity index (χ3n) is 2.16. The van der Waals surface area contributed by atoms with Crippen molar-refractivity contribution in [2.24, 2.45) is 0 Å². The molecule has 4 heteroatoms. The fraction of sp³-hybridized carbons (Fsp3) is 0.875. The zero-order chi connectivity index (χ0) is 9.19. The second-order valence-electron chi connectivity index (χ2n) is 3.44. The van der Waals surface area contributed by atoms with Crippen LogP contribution in [0, 0.1) is 0 Å². The van der Waals surface area contributed by atoms with E-state index in [0.717, 1.165) is 6.42 Å². The van der Waals surface area contributed by atoms with Crippen LogP contribution in [0.4, 0.5) is 0 Å². The minimum absolute atomic E-state index is 0.209. The van der Waals surface area contributed by atoms with E-state index in [1.165, 1.54) is 0 Å². The standard InChI is InChI=1S/C8H15NO3/c1-6(10)5-9-7(11)8(12)3-2-4-8/h6,10,12H,2-5H2,1H3,(H,9,11)/t6-/m1/s1. The fourth-order valence-corrected chi connectivity index (χ4v) is 1.14. The highest BCUT2D eigenvalue weighted by atomic mass is 16.3. The lowest BCUT2D eigenvalue weighted by molar-refractivity contribution is -0.148. The number of hydrogen-bond donors (Lipinski definition) is 3. The van der Waals surface area contributed by atoms with Crippen molar-refractivity contribution in [2.45, 2.75) is 37.9 Å². The summed E-state index contributed by atoms with van der Waals surface area (Å²) in [7, 11) is 0. The highest BCUT2D eigenvalue weighted by Gasteiger charge is 2.41. The fourth-order valence-electron chi connectivity index (χ4n) is 1.14. The summed E-state index contributed by atoms with van der Waals surface area (Å²) in [6.45, 7) is 1.80. The maximum absolute atomic E-state index is 11.2. The topological polar surface area (TPSA) is 69.6 Å². The summed E-state index contributed by atoms with van der Waals surface area (Å²) in [6, 6.07) is 0. The number of aliphatic hydroxyl groups excluding tert-OH is 1. The van der Waals surface area contributed by atoms with Gasteiger partial charge in [0.1, 0.15) is 5.60 Å². The number of aliphatic hydroxyl groups is 2. The Morgan fingerprint density at radius 2 is 2.25 bits per heavy atom. The number of carbonyl (C=O) groups is 1. The molecule has 0 aromatic carbocycles. The van der Waals surface area contributed by atoms with Crippen molar-refractivity contribution in [3.05, 3.63) is 0 Å². The van der Waals surface area contributed by atoms with Gasteiger partial charge in [-0.05, 0) is 26.2 Å². The highest BCUT2D eigenvalue weighted by molar-refractivity contribution is 5.85. The summed E-state index contributed by atoms with van der Waals surface area (Å²) < 4.78 is 0. The van der Waals surface area contributed by atoms with E-state index in [4.69, 9.17) is 5.11 Å². The maximum Gasteiger partial charge on any atom is 0.252 e. The van der Waals surface area contributed by atoms with Crippen molar-refractivity contribution >= 4 is 5.91 Å². The zero-order valence-electron chi connectivity index (χ0n) is 7.21. The van der Waals surface area contributed by atoms with Crippen LogP contribution >= 0.6 is 0 Å². The number of hydrogen-bond acceptors (Lipinski definition) is 3. The molecular weight excluding hydrogens is 158 g/mol. The molecule has 0 spiro atoms. The van der Waals surface area contributed by atoms with Crippen LogP contribution in [0.25, 0.3) is 0 Å². The molecule has 1 amide bonds. The molecule has 70 valence electrons. The van der Waals surface area contributed by atoms with E-state index in [1.54, 1.807) is 6.92 Å². The first-order chi connectivity index (χ1) is 5.54. The van der Waals surface area contributed by atoms with Crippen molar-refractivity contribution in [1.82, 2.24) is 5.32 Å². The molecule has 0 aliphatic heterocycles. The second-order valence-corrected chi connectivity index (χ2v) is 3.44. The lowest BCUT2D eigenvalue weighted by Gasteiger charge is -2.34. The molecule has 0 saturated heterocycles. The van der Waals surface area contributed by atoms with Gasteiger partial charge in [0.2, 0.25) is 0 Å². The van der Waals surface area contributed by atoms with Crippen LogP contribution in [0.1, 0.15) is 26.2 Å². The summed E-state index contributed by atoms with van der Waals surface area (Å²) in [4.78, 5) is 11.2. The second kappa shape index (κ2) is 3.41. The molecule has 0 radical (unpaired) electrons. The molecule has 0 heterocycles. The van der Waals surface area contributed by atoms with E-state index in [2.05, 4.69) is 5.32 Å². The van der Waals surface area contributed by atoms with Crippen LogP contribution in [0.3, 0.4) is 0 Å². The highest BCUT2D eigenvalue weighted by Crippen LogP contribution is 2.31. The Bertz CT molecular complexity index is 175. The zero-order valence-corrected chi connectivity index (χ0v) is 7.21. The van der Waals surface area contributed by atoms with Crippen LogP contribution in [-0.2, 0) is 4.79 Å². The van der Waals surface area contributed by atoms with E-state index < -0.39 is 11.7 Å². The molecule has 0 bridgehead atoms. The molecule has 4 nitrogen and oxygen atoms in total. The third kappa shape index (κ3) is 1.95. The maximum atomic E-state index is 11.2. The average Bonchev–Trinajstić information content (AvgIpc) is 1.95. The van der Waals surface area contributed by atoms with Crippen molar-refractivity contribution in [1.29, 1.82) is 0 Å². The minimum atomic E-state index is -1.14. The Hall–Kier alpha value is -0.610. The van der Waals surface area contributed by atoms with Gasteiger partial charge < -0.3 is 15.5 Å². The smallest absolute Gasteiger partial charge is 0.252 e. The first-order valence-electron chi connectivity index (χ1n) is 4.23. The number of nitrogens with one attached hydrogen (secondary N) is 1. The van der Waals surface area contributed by atoms with Crippen LogP contribution in [0.2, 0.25) is 0 Å². The van der Waals surface area contributed by atoms with Crippen molar-refractivity contribution in [3.63, 3.8) is 0 Å². The normalized spacial score (nSPS) is 22.6. The van der Waals surface area contributed by atoms with Gasteiger partial charge in [-0.2, -0.15) is 0 Å². The molecule has 1 saturated carbocycles. The molecular formula is C8H15NO3. The van der Waals surface area contributed by atoms with Crippen LogP contribution in [0.15, 0.2) is 0 Å². The summed E-state index contributed by atoms with van der Waals surface area (Å²) in [5.74, 6) is -0.352. The minimum Gasteiger partial charge on any atom is -0.392 e. The van der Waals surface area contributed by atoms with E-state index in [-0.39, 0.29) is 12.5 Å². The van der Waals surface area contributed by atoms with Crippen LogP contribution in [-0.4, -0.2) is 34.4 Å². The molecule has 1 aliphatic carbocycles. The molecule has 0 aromatic rings. The van der Waals surface area contributed by atoms with E-state index in [0.29, 0.717) is 12.8 Å². The van der Waals surface area contributed by atoms with Crippen LogP contribution < -0.4 is 5.32 Å². The van der Waals surface area contributed by atoms with E-state index in [9.17, 15) is 9.90 Å². The summed E-state index contributed by atoms with van der Waals surface area (Å²) >= 11 is 0. The quantitative estimate of drug-likeness (QED) is 0.533. The molecule has 1 rings (SSSR count). The Morgan fingerprint density at radius 3 is 2.58 bits per heavy atom. The predicted octanol–water partition coefficient (Wildman–Crippen LogP) is -0.602. The van der Waals surface area contributed by atoms with Crippen molar-refractivity contribution < 1.29 is 15.0 Å². The molecule has 3 N–H and O–H groups in total. The van der Waals surface area contributed by atoms with Crippen molar-refractivity contribution in [2.75, 3.05) is 6.54 Å². The number of rotatable bonds is 3. The van der Waals surface area contributed by atoms with Gasteiger partial charge in [0, 0.05) is 6.54 Å². The molecule has 1 aliphatic rings. The largest absolute Gasteiger partial charge is 0.392 e. The lowest BCUT2D eigenvalue weighted by atomic mass is 9.79. The molecule has 1 atom stereocenters. The van der Waals surface area contributed by atoms with Crippen molar-refractivity contribution in [3.8, 4) is 0 Å². The predicted molar refractivity (Wildman–Crippen MR) is 43.5 cm³/mol. The molecule has 12 heavy (non-hydrogen) atoms. The summed E-state index contributed by atoms with van der Waals surface area (Å²) in [6.07, 6.45) is 1.42. The Morgan fingerprint density at radius 1 is 1.67 bits per heavy atom. The monoisotopic (exact) mass is 173 g/mol. The van der Waals surface area contributed by atoms with Gasteiger partial charge in [-0.3, -0.25) is 4.79 Å². The first-order valence-corrected chi connectivity index (χ1v) is 4.23. The lowest BCUT2D eigenvalue weighted by Crippen LogP contribution is -2.52. The Labute approximate surface area is 71.6 Å². The average molecular weight is 173 g/mol. The van der Waals surface area contributed by atoms with Gasteiger partial charge >= 0.3 is 0 Å².